The molecule has 1 amide bonds. The van der Waals surface area contributed by atoms with Crippen LogP contribution in [-0.2, 0) is 6.42 Å². The molecule has 0 saturated heterocycles. The quantitative estimate of drug-likeness (QED) is 0.754. The smallest absolute Gasteiger partial charge is 0.253 e. The molecule has 4 nitrogen and oxygen atoms in total. The van der Waals surface area contributed by atoms with Gasteiger partial charge in [-0.25, -0.2) is 0 Å². The number of anilines is 2. The Morgan fingerprint density at radius 1 is 1.29 bits per heavy atom. The highest BCUT2D eigenvalue weighted by atomic mass is 16.1. The Hall–Kier alpha value is -2.49. The molecule has 0 aromatic heterocycles. The van der Waals surface area contributed by atoms with Crippen molar-refractivity contribution in [3.05, 3.63) is 59.2 Å². The number of carbonyl (C=O) groups is 1. The zero-order valence-corrected chi connectivity index (χ0v) is 12.0. The lowest BCUT2D eigenvalue weighted by Gasteiger charge is -2.30. The van der Waals surface area contributed by atoms with Crippen LogP contribution >= 0.6 is 0 Å². The van der Waals surface area contributed by atoms with Crippen molar-refractivity contribution in [2.75, 3.05) is 24.6 Å². The SMILES string of the molecule is CNC(=O)c1ccc(N)cc1NCC1Cc2ccccc21. The van der Waals surface area contributed by atoms with Gasteiger partial charge in [0.2, 0.25) is 0 Å². The van der Waals surface area contributed by atoms with E-state index in [0.29, 0.717) is 17.2 Å². The van der Waals surface area contributed by atoms with E-state index < -0.39 is 0 Å². The minimum atomic E-state index is -0.105. The molecule has 2 aromatic carbocycles. The highest BCUT2D eigenvalue weighted by molar-refractivity contribution is 6.00. The van der Waals surface area contributed by atoms with Crippen molar-refractivity contribution in [2.24, 2.45) is 0 Å². The third-order valence-electron chi connectivity index (χ3n) is 4.02. The Labute approximate surface area is 124 Å². The molecular weight excluding hydrogens is 262 g/mol. The summed E-state index contributed by atoms with van der Waals surface area (Å²) in [7, 11) is 1.63. The number of hydrogen-bond acceptors (Lipinski definition) is 3. The molecule has 0 bridgehead atoms. The number of nitrogens with one attached hydrogen (secondary N) is 2. The summed E-state index contributed by atoms with van der Waals surface area (Å²) >= 11 is 0. The first-order chi connectivity index (χ1) is 10.2. The molecule has 0 saturated carbocycles. The molecule has 0 heterocycles. The molecule has 3 rings (SSSR count). The first-order valence-electron chi connectivity index (χ1n) is 7.12. The Morgan fingerprint density at radius 3 is 2.86 bits per heavy atom. The molecule has 108 valence electrons. The number of amides is 1. The lowest BCUT2D eigenvalue weighted by Crippen LogP contribution is -2.26. The van der Waals surface area contributed by atoms with Gasteiger partial charge in [-0.3, -0.25) is 4.79 Å². The van der Waals surface area contributed by atoms with Crippen LogP contribution in [0.3, 0.4) is 0 Å². The van der Waals surface area contributed by atoms with Crippen molar-refractivity contribution >= 4 is 17.3 Å². The van der Waals surface area contributed by atoms with E-state index in [1.54, 1.807) is 19.2 Å². The van der Waals surface area contributed by atoms with Gasteiger partial charge < -0.3 is 16.4 Å². The highest BCUT2D eigenvalue weighted by Gasteiger charge is 2.25. The lowest BCUT2D eigenvalue weighted by molar-refractivity contribution is 0.0964. The van der Waals surface area contributed by atoms with Crippen molar-refractivity contribution in [1.82, 2.24) is 5.32 Å². The van der Waals surface area contributed by atoms with Gasteiger partial charge in [0, 0.05) is 30.9 Å². The minimum absolute atomic E-state index is 0.105. The molecular formula is C17H19N3O. The highest BCUT2D eigenvalue weighted by Crippen LogP contribution is 2.35. The number of rotatable bonds is 4. The van der Waals surface area contributed by atoms with Crippen molar-refractivity contribution < 1.29 is 4.79 Å². The first-order valence-corrected chi connectivity index (χ1v) is 7.12. The van der Waals surface area contributed by atoms with Crippen molar-refractivity contribution in [3.8, 4) is 0 Å². The van der Waals surface area contributed by atoms with Crippen LogP contribution in [0.25, 0.3) is 0 Å². The normalized spacial score (nSPS) is 15.8. The van der Waals surface area contributed by atoms with Gasteiger partial charge in [0.05, 0.1) is 5.56 Å². The van der Waals surface area contributed by atoms with E-state index in [1.807, 2.05) is 6.07 Å². The van der Waals surface area contributed by atoms with Gasteiger partial charge in [-0.15, -0.1) is 0 Å². The van der Waals surface area contributed by atoms with E-state index in [2.05, 4.69) is 34.9 Å². The number of nitrogen functional groups attached to an aromatic ring is 1. The third kappa shape index (κ3) is 2.57. The van der Waals surface area contributed by atoms with Crippen LogP contribution in [0.15, 0.2) is 42.5 Å². The summed E-state index contributed by atoms with van der Waals surface area (Å²) in [6, 6.07) is 13.8. The zero-order valence-electron chi connectivity index (χ0n) is 12.0. The van der Waals surface area contributed by atoms with Gasteiger partial charge in [0.1, 0.15) is 0 Å². The number of hydrogen-bond donors (Lipinski definition) is 3. The number of carbonyl (C=O) groups excluding carboxylic acids is 1. The van der Waals surface area contributed by atoms with Crippen LogP contribution in [0.4, 0.5) is 11.4 Å². The van der Waals surface area contributed by atoms with Gasteiger partial charge in [-0.05, 0) is 35.7 Å². The molecule has 1 aliphatic carbocycles. The number of nitrogens with two attached hydrogens (primary N) is 1. The lowest BCUT2D eigenvalue weighted by atomic mass is 9.77. The Morgan fingerprint density at radius 2 is 2.10 bits per heavy atom. The second-order valence-electron chi connectivity index (χ2n) is 5.36. The van der Waals surface area contributed by atoms with Crippen LogP contribution < -0.4 is 16.4 Å². The molecule has 1 aliphatic rings. The van der Waals surface area contributed by atoms with Crippen molar-refractivity contribution in [2.45, 2.75) is 12.3 Å². The Bertz CT molecular complexity index is 681. The first kappa shape index (κ1) is 13.5. The summed E-state index contributed by atoms with van der Waals surface area (Å²) in [6.07, 6.45) is 1.08. The zero-order chi connectivity index (χ0) is 14.8. The van der Waals surface area contributed by atoms with E-state index in [0.717, 1.165) is 18.7 Å². The molecule has 1 unspecified atom stereocenters. The molecule has 1 atom stereocenters. The molecule has 0 aliphatic heterocycles. The Kier molecular flexibility index (Phi) is 3.52. The summed E-state index contributed by atoms with van der Waals surface area (Å²) in [5, 5.41) is 6.02. The summed E-state index contributed by atoms with van der Waals surface area (Å²) < 4.78 is 0. The van der Waals surface area contributed by atoms with E-state index in [-0.39, 0.29) is 5.91 Å². The van der Waals surface area contributed by atoms with E-state index in [4.69, 9.17) is 5.73 Å². The topological polar surface area (TPSA) is 67.2 Å². The maximum Gasteiger partial charge on any atom is 0.253 e. The number of benzene rings is 2. The van der Waals surface area contributed by atoms with E-state index in [9.17, 15) is 4.79 Å². The summed E-state index contributed by atoms with van der Waals surface area (Å²) in [5.41, 5.74) is 10.7. The Balaban J connectivity index is 1.74. The fourth-order valence-electron chi connectivity index (χ4n) is 2.82. The van der Waals surface area contributed by atoms with E-state index in [1.165, 1.54) is 11.1 Å². The van der Waals surface area contributed by atoms with Crippen LogP contribution in [0, 0.1) is 0 Å². The van der Waals surface area contributed by atoms with Crippen LogP contribution in [0.1, 0.15) is 27.4 Å². The van der Waals surface area contributed by atoms with Gasteiger partial charge >= 0.3 is 0 Å². The molecule has 0 fully saturated rings. The molecule has 0 spiro atoms. The molecule has 2 aromatic rings. The predicted octanol–water partition coefficient (Wildman–Crippen LogP) is 2.38. The predicted molar refractivity (Wildman–Crippen MR) is 85.6 cm³/mol. The largest absolute Gasteiger partial charge is 0.399 e. The average Bonchev–Trinajstić information content (AvgIpc) is 2.47. The summed E-state index contributed by atoms with van der Waals surface area (Å²) in [5.74, 6) is 0.395. The van der Waals surface area contributed by atoms with Crippen LogP contribution in [0.2, 0.25) is 0 Å². The molecule has 4 N–H and O–H groups in total. The standard InChI is InChI=1S/C17H19N3O/c1-19-17(21)15-7-6-13(18)9-16(15)20-10-12-8-11-4-2-3-5-14(11)12/h2-7,9,12,20H,8,10,18H2,1H3,(H,19,21). The van der Waals surface area contributed by atoms with Crippen LogP contribution in [-0.4, -0.2) is 19.5 Å². The molecule has 4 heteroatoms. The maximum atomic E-state index is 11.9. The van der Waals surface area contributed by atoms with Gasteiger partial charge in [0.25, 0.3) is 5.91 Å². The molecule has 21 heavy (non-hydrogen) atoms. The van der Waals surface area contributed by atoms with Crippen LogP contribution in [0.5, 0.6) is 0 Å². The minimum Gasteiger partial charge on any atom is -0.399 e. The maximum absolute atomic E-state index is 11.9. The number of fused-ring (bicyclic) bond motifs is 1. The second-order valence-corrected chi connectivity index (χ2v) is 5.36. The fraction of sp³-hybridized carbons (Fsp3) is 0.235. The molecule has 0 radical (unpaired) electrons. The van der Waals surface area contributed by atoms with Gasteiger partial charge in [-0.1, -0.05) is 24.3 Å². The fourth-order valence-corrected chi connectivity index (χ4v) is 2.82. The van der Waals surface area contributed by atoms with E-state index >= 15 is 0 Å². The average molecular weight is 281 g/mol. The van der Waals surface area contributed by atoms with Gasteiger partial charge in [-0.2, -0.15) is 0 Å². The second kappa shape index (κ2) is 5.48. The monoisotopic (exact) mass is 281 g/mol. The van der Waals surface area contributed by atoms with Crippen molar-refractivity contribution in [3.63, 3.8) is 0 Å². The summed E-state index contributed by atoms with van der Waals surface area (Å²) in [6.45, 7) is 0.810. The van der Waals surface area contributed by atoms with Crippen molar-refractivity contribution in [1.29, 1.82) is 0 Å². The van der Waals surface area contributed by atoms with Gasteiger partial charge in [0.15, 0.2) is 0 Å². The summed E-state index contributed by atoms with van der Waals surface area (Å²) in [4.78, 5) is 11.9. The third-order valence-corrected chi connectivity index (χ3v) is 4.02.